The largest absolute Gasteiger partial charge is 0.481 e. The van der Waals surface area contributed by atoms with Crippen molar-refractivity contribution >= 4 is 17.8 Å². The van der Waals surface area contributed by atoms with Crippen LogP contribution in [0.15, 0.2) is 78.9 Å². The van der Waals surface area contributed by atoms with Crippen molar-refractivity contribution < 1.29 is 24.2 Å². The van der Waals surface area contributed by atoms with Crippen LogP contribution in [0.3, 0.4) is 0 Å². The van der Waals surface area contributed by atoms with Gasteiger partial charge in [-0.15, -0.1) is 0 Å². The minimum atomic E-state index is -1.23. The van der Waals surface area contributed by atoms with Crippen LogP contribution in [0.4, 0.5) is 0 Å². The predicted octanol–water partition coefficient (Wildman–Crippen LogP) is 4.04. The van der Waals surface area contributed by atoms with Crippen molar-refractivity contribution in [2.24, 2.45) is 5.92 Å². The van der Waals surface area contributed by atoms with E-state index in [0.717, 1.165) is 22.3 Å². The molecule has 6 heteroatoms. The van der Waals surface area contributed by atoms with Crippen molar-refractivity contribution in [3.05, 3.63) is 95.6 Å². The highest BCUT2D eigenvalue weighted by Gasteiger charge is 2.27. The lowest BCUT2D eigenvalue weighted by atomic mass is 9.96. The molecule has 0 fully saturated rings. The molecule has 3 aromatic rings. The Balaban J connectivity index is 1.71. The number of hydrogen-bond donors (Lipinski definition) is 1. The molecular formula is C26H25NO5. The summed E-state index contributed by atoms with van der Waals surface area (Å²) in [5, 5.41) is 9.25. The average molecular weight is 431 g/mol. The van der Waals surface area contributed by atoms with Gasteiger partial charge in [-0.2, -0.15) is 0 Å². The maximum absolute atomic E-state index is 12.6. The van der Waals surface area contributed by atoms with E-state index in [1.807, 2.05) is 66.7 Å². The number of carbonyl (C=O) groups excluding carboxylic acids is 2. The molecule has 0 bridgehead atoms. The average Bonchev–Trinajstić information content (AvgIpc) is 2.82. The van der Waals surface area contributed by atoms with Gasteiger partial charge in [-0.25, -0.2) is 0 Å². The number of esters is 1. The molecule has 32 heavy (non-hydrogen) atoms. The third kappa shape index (κ3) is 5.60. The fraction of sp³-hybridized carbons (Fsp3) is 0.192. The van der Waals surface area contributed by atoms with Gasteiger partial charge in [0, 0.05) is 19.2 Å². The molecule has 1 unspecified atom stereocenters. The lowest BCUT2D eigenvalue weighted by molar-refractivity contribution is -0.156. The molecule has 1 N–H and O–H groups in total. The first kappa shape index (κ1) is 22.7. The first-order chi connectivity index (χ1) is 15.4. The summed E-state index contributed by atoms with van der Waals surface area (Å²) in [5.41, 5.74) is 4.31. The zero-order valence-corrected chi connectivity index (χ0v) is 18.0. The van der Waals surface area contributed by atoms with Crippen LogP contribution in [-0.4, -0.2) is 42.0 Å². The molecule has 164 valence electrons. The number of nitrogens with zero attached hydrogens (tertiary/aromatic N) is 1. The summed E-state index contributed by atoms with van der Waals surface area (Å²) >= 11 is 0. The van der Waals surface area contributed by atoms with Crippen molar-refractivity contribution in [3.63, 3.8) is 0 Å². The zero-order chi connectivity index (χ0) is 23.1. The van der Waals surface area contributed by atoms with Gasteiger partial charge in [0.25, 0.3) is 5.91 Å². The number of carboxylic acid groups (broad SMARTS) is 1. The molecule has 0 spiro atoms. The molecule has 0 aliphatic carbocycles. The second-order valence-electron chi connectivity index (χ2n) is 7.54. The number of amides is 1. The van der Waals surface area contributed by atoms with E-state index in [1.54, 1.807) is 24.1 Å². The molecule has 6 nitrogen and oxygen atoms in total. The number of methoxy groups -OCH3 is 1. The summed E-state index contributed by atoms with van der Waals surface area (Å²) in [4.78, 5) is 37.3. The van der Waals surface area contributed by atoms with Crippen molar-refractivity contribution in [2.45, 2.75) is 13.0 Å². The van der Waals surface area contributed by atoms with Gasteiger partial charge >= 0.3 is 11.9 Å². The second kappa shape index (κ2) is 10.4. The molecule has 3 aromatic carbocycles. The van der Waals surface area contributed by atoms with Crippen LogP contribution in [-0.2, 0) is 27.3 Å². The number of benzene rings is 3. The summed E-state index contributed by atoms with van der Waals surface area (Å²) in [7, 11) is 2.95. The SMILES string of the molecule is COC(=O)C(Cc1ccc(-c2cccc(CN(C)C(=O)c3ccccc3)c2)cc1)C(=O)O. The third-order valence-corrected chi connectivity index (χ3v) is 5.23. The highest BCUT2D eigenvalue weighted by atomic mass is 16.5. The van der Waals surface area contributed by atoms with Crippen molar-refractivity contribution in [2.75, 3.05) is 14.2 Å². The Morgan fingerprint density at radius 2 is 1.56 bits per heavy atom. The molecule has 0 aliphatic rings. The van der Waals surface area contributed by atoms with Gasteiger partial charge in [0.05, 0.1) is 7.11 Å². The van der Waals surface area contributed by atoms with Crippen LogP contribution in [0.1, 0.15) is 21.5 Å². The number of carbonyl (C=O) groups is 3. The topological polar surface area (TPSA) is 83.9 Å². The quantitative estimate of drug-likeness (QED) is 0.430. The fourth-order valence-corrected chi connectivity index (χ4v) is 3.48. The smallest absolute Gasteiger partial charge is 0.320 e. The first-order valence-electron chi connectivity index (χ1n) is 10.2. The highest BCUT2D eigenvalue weighted by Crippen LogP contribution is 2.23. The van der Waals surface area contributed by atoms with E-state index in [4.69, 9.17) is 0 Å². The van der Waals surface area contributed by atoms with Crippen LogP contribution in [0, 0.1) is 5.92 Å². The van der Waals surface area contributed by atoms with E-state index in [9.17, 15) is 19.5 Å². The Hall–Kier alpha value is -3.93. The monoisotopic (exact) mass is 431 g/mol. The number of hydrogen-bond acceptors (Lipinski definition) is 4. The van der Waals surface area contributed by atoms with Crippen LogP contribution in [0.25, 0.3) is 11.1 Å². The van der Waals surface area contributed by atoms with E-state index in [2.05, 4.69) is 4.74 Å². The van der Waals surface area contributed by atoms with Crippen molar-refractivity contribution in [1.82, 2.24) is 4.90 Å². The molecule has 0 heterocycles. The number of ether oxygens (including phenoxy) is 1. The highest BCUT2D eigenvalue weighted by molar-refractivity contribution is 5.94. The van der Waals surface area contributed by atoms with Gasteiger partial charge in [-0.05, 0) is 46.9 Å². The zero-order valence-electron chi connectivity index (χ0n) is 18.0. The molecule has 0 radical (unpaired) electrons. The molecule has 0 aromatic heterocycles. The van der Waals surface area contributed by atoms with E-state index < -0.39 is 17.9 Å². The molecule has 0 saturated heterocycles. The van der Waals surface area contributed by atoms with Crippen LogP contribution < -0.4 is 0 Å². The van der Waals surface area contributed by atoms with Gasteiger partial charge in [-0.1, -0.05) is 60.7 Å². The third-order valence-electron chi connectivity index (χ3n) is 5.23. The first-order valence-corrected chi connectivity index (χ1v) is 10.2. The Labute approximate surface area is 187 Å². The standard InChI is InChI=1S/C26H25NO5/c1-27(24(28)21-8-4-3-5-9-21)17-19-7-6-10-22(15-19)20-13-11-18(12-14-20)16-23(25(29)30)26(31)32-2/h3-15,23H,16-17H2,1-2H3,(H,29,30). The summed E-state index contributed by atoms with van der Waals surface area (Å²) in [6, 6.07) is 24.5. The Kier molecular flexibility index (Phi) is 7.39. The summed E-state index contributed by atoms with van der Waals surface area (Å²) < 4.78 is 4.58. The van der Waals surface area contributed by atoms with Gasteiger partial charge in [0.2, 0.25) is 0 Å². The number of aliphatic carboxylic acids is 1. The number of rotatable bonds is 8. The molecule has 1 amide bonds. The van der Waals surface area contributed by atoms with E-state index in [0.29, 0.717) is 12.1 Å². The molecule has 3 rings (SSSR count). The van der Waals surface area contributed by atoms with Crippen LogP contribution in [0.2, 0.25) is 0 Å². The van der Waals surface area contributed by atoms with E-state index in [-0.39, 0.29) is 12.3 Å². The predicted molar refractivity (Wildman–Crippen MR) is 121 cm³/mol. The van der Waals surface area contributed by atoms with Gasteiger partial charge in [0.1, 0.15) is 0 Å². The minimum Gasteiger partial charge on any atom is -0.481 e. The second-order valence-corrected chi connectivity index (χ2v) is 7.54. The lowest BCUT2D eigenvalue weighted by Gasteiger charge is -2.18. The van der Waals surface area contributed by atoms with Crippen LogP contribution >= 0.6 is 0 Å². The van der Waals surface area contributed by atoms with Crippen molar-refractivity contribution in [3.8, 4) is 11.1 Å². The summed E-state index contributed by atoms with van der Waals surface area (Å²) in [5.74, 6) is -3.24. The van der Waals surface area contributed by atoms with Gasteiger partial charge in [-0.3, -0.25) is 14.4 Å². The Morgan fingerprint density at radius 3 is 2.19 bits per heavy atom. The van der Waals surface area contributed by atoms with Crippen molar-refractivity contribution in [1.29, 1.82) is 0 Å². The Bertz CT molecular complexity index is 1090. The fourth-order valence-electron chi connectivity index (χ4n) is 3.48. The molecule has 0 saturated carbocycles. The number of carboxylic acids is 1. The minimum absolute atomic E-state index is 0.0426. The van der Waals surface area contributed by atoms with Gasteiger partial charge < -0.3 is 14.7 Å². The molecule has 0 aliphatic heterocycles. The van der Waals surface area contributed by atoms with E-state index >= 15 is 0 Å². The van der Waals surface area contributed by atoms with Crippen LogP contribution in [0.5, 0.6) is 0 Å². The molecular weight excluding hydrogens is 406 g/mol. The Morgan fingerprint density at radius 1 is 0.875 bits per heavy atom. The lowest BCUT2D eigenvalue weighted by Crippen LogP contribution is -2.27. The maximum atomic E-state index is 12.6. The summed E-state index contributed by atoms with van der Waals surface area (Å²) in [6.45, 7) is 0.471. The summed E-state index contributed by atoms with van der Waals surface area (Å²) in [6.07, 6.45) is 0.0642. The molecule has 1 atom stereocenters. The maximum Gasteiger partial charge on any atom is 0.320 e. The normalized spacial score (nSPS) is 11.4. The van der Waals surface area contributed by atoms with E-state index in [1.165, 1.54) is 7.11 Å². The van der Waals surface area contributed by atoms with Gasteiger partial charge in [0.15, 0.2) is 5.92 Å².